The van der Waals surface area contributed by atoms with Crippen LogP contribution >= 0.6 is 11.3 Å². The number of thiophene rings is 1. The molecule has 16 heavy (non-hydrogen) atoms. The highest BCUT2D eigenvalue weighted by Crippen LogP contribution is 2.26. The molecule has 4 heteroatoms. The summed E-state index contributed by atoms with van der Waals surface area (Å²) in [5.74, 6) is 0. The summed E-state index contributed by atoms with van der Waals surface area (Å²) in [6.45, 7) is -0.411. The Kier molecular flexibility index (Phi) is 3.56. The lowest BCUT2D eigenvalue weighted by Crippen LogP contribution is -2.30. The largest absolute Gasteiger partial charge is 0.394 e. The van der Waals surface area contributed by atoms with Crippen LogP contribution in [0.2, 0.25) is 0 Å². The van der Waals surface area contributed by atoms with E-state index in [4.69, 9.17) is 5.11 Å². The zero-order valence-corrected chi connectivity index (χ0v) is 9.52. The first-order chi connectivity index (χ1) is 7.70. The van der Waals surface area contributed by atoms with Gasteiger partial charge in [0, 0.05) is 16.0 Å². The second-order valence-corrected chi connectivity index (χ2v) is 4.94. The summed E-state index contributed by atoms with van der Waals surface area (Å²) < 4.78 is 1.17. The molecule has 0 spiro atoms. The van der Waals surface area contributed by atoms with Gasteiger partial charge in [0.1, 0.15) is 6.10 Å². The van der Waals surface area contributed by atoms with E-state index in [1.807, 2.05) is 30.3 Å². The topological polar surface area (TPSA) is 60.7 Å². The normalized spacial score (nSPS) is 15.2. The highest BCUT2D eigenvalue weighted by molar-refractivity contribution is 7.19. The number of rotatable bonds is 4. The zero-order valence-electron chi connectivity index (χ0n) is 8.71. The molecule has 0 aliphatic rings. The zero-order chi connectivity index (χ0) is 11.5. The molecular formula is C12H14O3S. The molecule has 2 aromatic rings. The smallest absolute Gasteiger partial charge is 0.103 e. The van der Waals surface area contributed by atoms with Gasteiger partial charge in [0.05, 0.1) is 12.7 Å². The number of hydrogen-bond acceptors (Lipinski definition) is 4. The highest BCUT2D eigenvalue weighted by atomic mass is 32.1. The molecular weight excluding hydrogens is 224 g/mol. The summed E-state index contributed by atoms with van der Waals surface area (Å²) in [6.07, 6.45) is -1.59. The maximum Gasteiger partial charge on any atom is 0.103 e. The molecule has 0 saturated heterocycles. The molecule has 1 heterocycles. The Morgan fingerprint density at radius 2 is 1.88 bits per heavy atom. The van der Waals surface area contributed by atoms with Crippen LogP contribution in [0.1, 0.15) is 4.88 Å². The monoisotopic (exact) mass is 238 g/mol. The fourth-order valence-corrected chi connectivity index (χ4v) is 2.72. The molecule has 0 bridgehead atoms. The lowest BCUT2D eigenvalue weighted by molar-refractivity contribution is -0.0129. The molecule has 1 aromatic heterocycles. The van der Waals surface area contributed by atoms with E-state index in [1.54, 1.807) is 11.3 Å². The number of hydrogen-bond donors (Lipinski definition) is 3. The van der Waals surface area contributed by atoms with Gasteiger partial charge in [-0.1, -0.05) is 18.2 Å². The minimum Gasteiger partial charge on any atom is -0.394 e. The van der Waals surface area contributed by atoms with Gasteiger partial charge >= 0.3 is 0 Å². The predicted octanol–water partition coefficient (Wildman–Crippen LogP) is 1.16. The van der Waals surface area contributed by atoms with Crippen molar-refractivity contribution in [1.29, 1.82) is 0 Å². The van der Waals surface area contributed by atoms with E-state index in [2.05, 4.69) is 0 Å². The first-order valence-corrected chi connectivity index (χ1v) is 5.97. The summed E-state index contributed by atoms with van der Waals surface area (Å²) in [7, 11) is 0. The van der Waals surface area contributed by atoms with Gasteiger partial charge in [-0.2, -0.15) is 0 Å². The van der Waals surface area contributed by atoms with Crippen molar-refractivity contribution < 1.29 is 15.3 Å². The van der Waals surface area contributed by atoms with Gasteiger partial charge in [0.25, 0.3) is 0 Å². The highest BCUT2D eigenvalue weighted by Gasteiger charge is 2.16. The third-order valence-electron chi connectivity index (χ3n) is 2.52. The number of benzene rings is 1. The second kappa shape index (κ2) is 4.93. The van der Waals surface area contributed by atoms with Gasteiger partial charge in [-0.15, -0.1) is 11.3 Å². The van der Waals surface area contributed by atoms with Crippen LogP contribution in [0.5, 0.6) is 0 Å². The molecule has 1 aromatic carbocycles. The molecule has 3 nitrogen and oxygen atoms in total. The van der Waals surface area contributed by atoms with E-state index in [1.165, 1.54) is 4.70 Å². The Morgan fingerprint density at radius 3 is 2.56 bits per heavy atom. The Morgan fingerprint density at radius 1 is 1.12 bits per heavy atom. The van der Waals surface area contributed by atoms with Gasteiger partial charge < -0.3 is 15.3 Å². The molecule has 0 radical (unpaired) electrons. The Bertz CT molecular complexity index is 433. The van der Waals surface area contributed by atoms with Crippen LogP contribution in [0.25, 0.3) is 10.1 Å². The Labute approximate surface area is 97.6 Å². The van der Waals surface area contributed by atoms with Crippen LogP contribution in [-0.4, -0.2) is 34.1 Å². The summed E-state index contributed by atoms with van der Waals surface area (Å²) in [5.41, 5.74) is 0. The van der Waals surface area contributed by atoms with E-state index in [-0.39, 0.29) is 0 Å². The molecule has 0 amide bonds. The number of aliphatic hydroxyl groups is 3. The number of aliphatic hydroxyl groups excluding tert-OH is 3. The number of fused-ring (bicyclic) bond motifs is 1. The standard InChI is InChI=1S/C12H14O3S/c13-7-11(15)10(14)6-9-5-8-3-1-2-4-12(8)16-9/h1-5,10-11,13-15H,6-7H2/t10-,11-/m1/s1. The summed E-state index contributed by atoms with van der Waals surface area (Å²) in [4.78, 5) is 1.02. The van der Waals surface area contributed by atoms with E-state index in [9.17, 15) is 10.2 Å². The molecule has 0 saturated carbocycles. The third kappa shape index (κ3) is 2.41. The van der Waals surface area contributed by atoms with E-state index in [0.717, 1.165) is 10.3 Å². The van der Waals surface area contributed by atoms with Crippen molar-refractivity contribution in [1.82, 2.24) is 0 Å². The molecule has 3 N–H and O–H groups in total. The van der Waals surface area contributed by atoms with Crippen molar-refractivity contribution >= 4 is 21.4 Å². The minimum atomic E-state index is -1.06. The molecule has 0 unspecified atom stereocenters. The van der Waals surface area contributed by atoms with Crippen molar-refractivity contribution in [2.75, 3.05) is 6.61 Å². The van der Waals surface area contributed by atoms with Crippen molar-refractivity contribution in [3.63, 3.8) is 0 Å². The van der Waals surface area contributed by atoms with Gasteiger partial charge in [0.2, 0.25) is 0 Å². The quantitative estimate of drug-likeness (QED) is 0.749. The van der Waals surface area contributed by atoms with Gasteiger partial charge in [-0.05, 0) is 17.5 Å². The minimum absolute atomic E-state index is 0.376. The molecule has 0 fully saturated rings. The van der Waals surface area contributed by atoms with E-state index < -0.39 is 18.8 Å². The van der Waals surface area contributed by atoms with Crippen LogP contribution < -0.4 is 0 Å². The first-order valence-electron chi connectivity index (χ1n) is 5.15. The fraction of sp³-hybridized carbons (Fsp3) is 0.333. The van der Waals surface area contributed by atoms with Crippen molar-refractivity contribution in [2.45, 2.75) is 18.6 Å². The van der Waals surface area contributed by atoms with Gasteiger partial charge in [-0.3, -0.25) is 0 Å². The summed E-state index contributed by atoms with van der Waals surface area (Å²) >= 11 is 1.60. The first kappa shape index (κ1) is 11.5. The van der Waals surface area contributed by atoms with E-state index in [0.29, 0.717) is 6.42 Å². The molecule has 0 aliphatic heterocycles. The molecule has 0 aliphatic carbocycles. The lowest BCUT2D eigenvalue weighted by Gasteiger charge is -2.13. The average molecular weight is 238 g/mol. The SMILES string of the molecule is OC[C@@H](O)[C@H](O)Cc1cc2ccccc2s1. The second-order valence-electron chi connectivity index (χ2n) is 3.77. The lowest BCUT2D eigenvalue weighted by atomic mass is 10.1. The van der Waals surface area contributed by atoms with Crippen molar-refractivity contribution in [2.24, 2.45) is 0 Å². The third-order valence-corrected chi connectivity index (χ3v) is 3.66. The van der Waals surface area contributed by atoms with Crippen LogP contribution in [0, 0.1) is 0 Å². The fourth-order valence-electron chi connectivity index (χ4n) is 1.60. The van der Waals surface area contributed by atoms with Crippen LogP contribution in [-0.2, 0) is 6.42 Å². The van der Waals surface area contributed by atoms with Gasteiger partial charge in [0.15, 0.2) is 0 Å². The Hall–Kier alpha value is -0.940. The van der Waals surface area contributed by atoms with E-state index >= 15 is 0 Å². The van der Waals surface area contributed by atoms with Crippen molar-refractivity contribution in [3.8, 4) is 0 Å². The summed E-state index contributed by atoms with van der Waals surface area (Å²) in [5, 5.41) is 28.7. The maximum absolute atomic E-state index is 9.59. The van der Waals surface area contributed by atoms with Gasteiger partial charge in [-0.25, -0.2) is 0 Å². The van der Waals surface area contributed by atoms with Crippen molar-refractivity contribution in [3.05, 3.63) is 35.2 Å². The Balaban J connectivity index is 2.15. The maximum atomic E-state index is 9.59. The van der Waals surface area contributed by atoms with Crippen LogP contribution in [0.4, 0.5) is 0 Å². The molecule has 2 rings (SSSR count). The molecule has 86 valence electrons. The summed E-state index contributed by atoms with van der Waals surface area (Å²) in [6, 6.07) is 10.00. The van der Waals surface area contributed by atoms with Crippen LogP contribution in [0.15, 0.2) is 30.3 Å². The average Bonchev–Trinajstić information content (AvgIpc) is 2.69. The predicted molar refractivity (Wildman–Crippen MR) is 64.6 cm³/mol. The van der Waals surface area contributed by atoms with Crippen LogP contribution in [0.3, 0.4) is 0 Å². The molecule has 2 atom stereocenters.